The molecule has 0 aromatic carbocycles. The van der Waals surface area contributed by atoms with Gasteiger partial charge >= 0.3 is 0 Å². The number of hydrogen-bond acceptors (Lipinski definition) is 2. The van der Waals surface area contributed by atoms with Gasteiger partial charge in [-0.05, 0) is 5.92 Å². The second kappa shape index (κ2) is 5.18. The highest BCUT2D eigenvalue weighted by Crippen LogP contribution is 2.02. The first-order valence-electron chi connectivity index (χ1n) is 3.40. The summed E-state index contributed by atoms with van der Waals surface area (Å²) in [7, 11) is 0. The predicted octanol–water partition coefficient (Wildman–Crippen LogP) is 1.41. The van der Waals surface area contributed by atoms with E-state index in [1.807, 2.05) is 13.8 Å². The first-order valence-corrected chi connectivity index (χ1v) is 3.40. The van der Waals surface area contributed by atoms with Crippen LogP contribution in [0.25, 0.3) is 0 Å². The van der Waals surface area contributed by atoms with Crippen LogP contribution in [-0.4, -0.2) is 19.0 Å². The van der Waals surface area contributed by atoms with Crippen molar-refractivity contribution in [2.75, 3.05) is 6.61 Å². The van der Waals surface area contributed by atoms with E-state index < -0.39 is 0 Å². The van der Waals surface area contributed by atoms with Gasteiger partial charge in [0.2, 0.25) is 0 Å². The fraction of sp³-hybridized carbons (Fsp3) is 0.625. The molecule has 0 heterocycles. The summed E-state index contributed by atoms with van der Waals surface area (Å²) in [5.41, 5.74) is 0. The van der Waals surface area contributed by atoms with Crippen molar-refractivity contribution in [2.24, 2.45) is 5.92 Å². The van der Waals surface area contributed by atoms with Crippen LogP contribution in [0, 0.1) is 5.92 Å². The molecule has 0 aromatic heterocycles. The molecular weight excluding hydrogens is 128 g/mol. The van der Waals surface area contributed by atoms with Crippen LogP contribution in [0.1, 0.15) is 13.8 Å². The third kappa shape index (κ3) is 3.41. The maximum absolute atomic E-state index is 10.3. The van der Waals surface area contributed by atoms with Crippen LogP contribution >= 0.6 is 0 Å². The van der Waals surface area contributed by atoms with Crippen LogP contribution in [-0.2, 0) is 9.53 Å². The van der Waals surface area contributed by atoms with Gasteiger partial charge in [0.25, 0.3) is 0 Å². The van der Waals surface area contributed by atoms with E-state index >= 15 is 0 Å². The average molecular weight is 142 g/mol. The Hall–Kier alpha value is -0.630. The average Bonchev–Trinajstić information content (AvgIpc) is 1.89. The van der Waals surface area contributed by atoms with Crippen molar-refractivity contribution in [2.45, 2.75) is 20.0 Å². The number of rotatable bonds is 5. The standard InChI is InChI=1S/C8H14O2/c1-4-5-10-8(6-9)7(2)3/h4,6-8H,1,5H2,2-3H3. The van der Waals surface area contributed by atoms with Gasteiger partial charge in [0.15, 0.2) is 0 Å². The lowest BCUT2D eigenvalue weighted by molar-refractivity contribution is -0.119. The zero-order valence-corrected chi connectivity index (χ0v) is 6.54. The molecule has 0 aliphatic carbocycles. The summed E-state index contributed by atoms with van der Waals surface area (Å²) in [6.07, 6.45) is 2.19. The molecule has 0 aliphatic rings. The number of carbonyl (C=O) groups is 1. The first kappa shape index (κ1) is 9.37. The Bertz CT molecular complexity index is 108. The first-order chi connectivity index (χ1) is 4.72. The van der Waals surface area contributed by atoms with Crippen LogP contribution in [0.2, 0.25) is 0 Å². The molecule has 0 amide bonds. The van der Waals surface area contributed by atoms with E-state index in [9.17, 15) is 4.79 Å². The molecule has 0 radical (unpaired) electrons. The van der Waals surface area contributed by atoms with Crippen LogP contribution in [0.4, 0.5) is 0 Å². The van der Waals surface area contributed by atoms with Gasteiger partial charge in [-0.25, -0.2) is 0 Å². The SMILES string of the molecule is C=CCOC(C=O)C(C)C. The smallest absolute Gasteiger partial charge is 0.149 e. The molecular formula is C8H14O2. The minimum Gasteiger partial charge on any atom is -0.366 e. The summed E-state index contributed by atoms with van der Waals surface area (Å²) >= 11 is 0. The summed E-state index contributed by atoms with van der Waals surface area (Å²) in [6.45, 7) is 7.82. The highest BCUT2D eigenvalue weighted by Gasteiger charge is 2.10. The van der Waals surface area contributed by atoms with Gasteiger partial charge in [0.05, 0.1) is 6.61 Å². The van der Waals surface area contributed by atoms with Crippen molar-refractivity contribution in [3.8, 4) is 0 Å². The Morgan fingerprint density at radius 1 is 1.60 bits per heavy atom. The second-order valence-electron chi connectivity index (χ2n) is 2.47. The second-order valence-corrected chi connectivity index (χ2v) is 2.47. The summed E-state index contributed by atoms with van der Waals surface area (Å²) in [4.78, 5) is 10.3. The van der Waals surface area contributed by atoms with E-state index in [0.29, 0.717) is 6.61 Å². The molecule has 10 heavy (non-hydrogen) atoms. The lowest BCUT2D eigenvalue weighted by atomic mass is 10.1. The molecule has 0 saturated heterocycles. The Morgan fingerprint density at radius 3 is 2.50 bits per heavy atom. The number of aldehydes is 1. The summed E-state index contributed by atoms with van der Waals surface area (Å²) in [5, 5.41) is 0. The van der Waals surface area contributed by atoms with Crippen LogP contribution < -0.4 is 0 Å². The Labute approximate surface area is 61.9 Å². The normalized spacial score (nSPS) is 13.1. The molecule has 0 fully saturated rings. The van der Waals surface area contributed by atoms with E-state index in [4.69, 9.17) is 4.74 Å². The van der Waals surface area contributed by atoms with Gasteiger partial charge in [-0.3, -0.25) is 0 Å². The topological polar surface area (TPSA) is 26.3 Å². The molecule has 58 valence electrons. The Morgan fingerprint density at radius 2 is 2.20 bits per heavy atom. The Kier molecular flexibility index (Phi) is 4.85. The molecule has 1 atom stereocenters. The monoisotopic (exact) mass is 142 g/mol. The van der Waals surface area contributed by atoms with E-state index in [1.54, 1.807) is 6.08 Å². The van der Waals surface area contributed by atoms with E-state index in [-0.39, 0.29) is 12.0 Å². The molecule has 0 aliphatic heterocycles. The third-order valence-electron chi connectivity index (χ3n) is 1.20. The molecule has 1 unspecified atom stereocenters. The highest BCUT2D eigenvalue weighted by atomic mass is 16.5. The van der Waals surface area contributed by atoms with Crippen molar-refractivity contribution in [1.82, 2.24) is 0 Å². The summed E-state index contributed by atoms with van der Waals surface area (Å²) < 4.78 is 5.12. The molecule has 2 heteroatoms. The van der Waals surface area contributed by atoms with Crippen molar-refractivity contribution in [3.05, 3.63) is 12.7 Å². The van der Waals surface area contributed by atoms with Crippen molar-refractivity contribution >= 4 is 6.29 Å². The van der Waals surface area contributed by atoms with Gasteiger partial charge in [0.1, 0.15) is 12.4 Å². The van der Waals surface area contributed by atoms with Gasteiger partial charge in [-0.15, -0.1) is 6.58 Å². The molecule has 0 aromatic rings. The van der Waals surface area contributed by atoms with Crippen LogP contribution in [0.5, 0.6) is 0 Å². The number of carbonyl (C=O) groups excluding carboxylic acids is 1. The Balaban J connectivity index is 3.59. The van der Waals surface area contributed by atoms with E-state index in [2.05, 4.69) is 6.58 Å². The maximum atomic E-state index is 10.3. The van der Waals surface area contributed by atoms with Gasteiger partial charge in [-0.2, -0.15) is 0 Å². The lowest BCUT2D eigenvalue weighted by Crippen LogP contribution is -2.21. The fourth-order valence-corrected chi connectivity index (χ4v) is 0.568. The van der Waals surface area contributed by atoms with Crippen molar-refractivity contribution < 1.29 is 9.53 Å². The maximum Gasteiger partial charge on any atom is 0.149 e. The van der Waals surface area contributed by atoms with E-state index in [0.717, 1.165) is 6.29 Å². The molecule has 0 spiro atoms. The van der Waals surface area contributed by atoms with Crippen LogP contribution in [0.3, 0.4) is 0 Å². The zero-order chi connectivity index (χ0) is 7.98. The molecule has 0 rings (SSSR count). The number of ether oxygens (including phenoxy) is 1. The largest absolute Gasteiger partial charge is 0.366 e. The van der Waals surface area contributed by atoms with Gasteiger partial charge in [0, 0.05) is 0 Å². The van der Waals surface area contributed by atoms with Gasteiger partial charge in [-0.1, -0.05) is 19.9 Å². The zero-order valence-electron chi connectivity index (χ0n) is 6.54. The quantitative estimate of drug-likeness (QED) is 0.428. The van der Waals surface area contributed by atoms with Crippen molar-refractivity contribution in [3.63, 3.8) is 0 Å². The lowest BCUT2D eigenvalue weighted by Gasteiger charge is -2.13. The predicted molar refractivity (Wildman–Crippen MR) is 40.8 cm³/mol. The molecule has 0 bridgehead atoms. The van der Waals surface area contributed by atoms with Crippen LogP contribution in [0.15, 0.2) is 12.7 Å². The third-order valence-corrected chi connectivity index (χ3v) is 1.20. The molecule has 0 saturated carbocycles. The number of hydrogen-bond donors (Lipinski definition) is 0. The minimum absolute atomic E-state index is 0.248. The molecule has 2 nitrogen and oxygen atoms in total. The van der Waals surface area contributed by atoms with Crippen molar-refractivity contribution in [1.29, 1.82) is 0 Å². The highest BCUT2D eigenvalue weighted by molar-refractivity contribution is 5.56. The molecule has 0 N–H and O–H groups in total. The minimum atomic E-state index is -0.280. The van der Waals surface area contributed by atoms with E-state index in [1.165, 1.54) is 0 Å². The fourth-order valence-electron chi connectivity index (χ4n) is 0.568. The van der Waals surface area contributed by atoms with Gasteiger partial charge < -0.3 is 9.53 Å². The summed E-state index contributed by atoms with van der Waals surface area (Å²) in [6, 6.07) is 0. The summed E-state index contributed by atoms with van der Waals surface area (Å²) in [5.74, 6) is 0.248.